The van der Waals surface area contributed by atoms with Crippen molar-refractivity contribution in [3.05, 3.63) is 86.8 Å². The van der Waals surface area contributed by atoms with Crippen molar-refractivity contribution >= 4 is 27.3 Å². The van der Waals surface area contributed by atoms with Crippen molar-refractivity contribution in [1.29, 1.82) is 0 Å². The van der Waals surface area contributed by atoms with Crippen LogP contribution in [-0.4, -0.2) is 4.98 Å². The Morgan fingerprint density at radius 1 is 1.05 bits per heavy atom. The number of halogens is 1. The van der Waals surface area contributed by atoms with Crippen LogP contribution in [0.2, 0.25) is 0 Å². The molecule has 0 saturated carbocycles. The molecule has 1 N–H and O–H groups in total. The predicted molar refractivity (Wildman–Crippen MR) is 91.4 cm³/mol. The average Bonchev–Trinajstić information content (AvgIpc) is 2.95. The Morgan fingerprint density at radius 2 is 1.86 bits per heavy atom. The van der Waals surface area contributed by atoms with E-state index in [1.165, 1.54) is 10.4 Å². The first-order valence-electron chi connectivity index (χ1n) is 6.76. The Labute approximate surface area is 137 Å². The van der Waals surface area contributed by atoms with Crippen molar-refractivity contribution in [3.8, 4) is 0 Å². The molecule has 0 amide bonds. The van der Waals surface area contributed by atoms with Crippen LogP contribution in [0.25, 0.3) is 0 Å². The van der Waals surface area contributed by atoms with E-state index in [0.717, 1.165) is 16.7 Å². The summed E-state index contributed by atoms with van der Waals surface area (Å²) in [4.78, 5) is 5.81. The number of hydrogen-bond acceptors (Lipinski definition) is 3. The Bertz CT molecular complexity index is 643. The molecule has 1 atom stereocenters. The Morgan fingerprint density at radius 3 is 2.52 bits per heavy atom. The minimum absolute atomic E-state index is 0.0985. The van der Waals surface area contributed by atoms with Crippen molar-refractivity contribution in [2.75, 3.05) is 0 Å². The van der Waals surface area contributed by atoms with Gasteiger partial charge in [-0.15, -0.1) is 11.3 Å². The second-order valence-electron chi connectivity index (χ2n) is 4.67. The molecule has 4 heteroatoms. The van der Waals surface area contributed by atoms with Gasteiger partial charge in [0.15, 0.2) is 0 Å². The molecule has 2 aromatic heterocycles. The van der Waals surface area contributed by atoms with Gasteiger partial charge >= 0.3 is 0 Å². The molecule has 0 radical (unpaired) electrons. The van der Waals surface area contributed by atoms with Gasteiger partial charge in [0.25, 0.3) is 0 Å². The first-order chi connectivity index (χ1) is 10.3. The Kier molecular flexibility index (Phi) is 4.80. The molecule has 0 saturated heterocycles. The summed E-state index contributed by atoms with van der Waals surface area (Å²) in [5, 5.41) is 5.71. The number of pyridine rings is 1. The highest BCUT2D eigenvalue weighted by Gasteiger charge is 2.15. The maximum Gasteiger partial charge on any atom is 0.0754 e. The van der Waals surface area contributed by atoms with Crippen molar-refractivity contribution in [2.24, 2.45) is 0 Å². The highest BCUT2D eigenvalue weighted by atomic mass is 79.9. The molecule has 1 aromatic carbocycles. The molecule has 0 aliphatic heterocycles. The summed E-state index contributed by atoms with van der Waals surface area (Å²) in [6, 6.07) is 18.7. The van der Waals surface area contributed by atoms with Crippen molar-refractivity contribution in [2.45, 2.75) is 12.6 Å². The number of benzene rings is 1. The van der Waals surface area contributed by atoms with E-state index >= 15 is 0 Å². The van der Waals surface area contributed by atoms with Gasteiger partial charge in [-0.1, -0.05) is 36.4 Å². The molecule has 0 aliphatic rings. The van der Waals surface area contributed by atoms with Crippen LogP contribution in [0.15, 0.2) is 70.6 Å². The molecule has 0 bridgehead atoms. The lowest BCUT2D eigenvalue weighted by Gasteiger charge is -2.18. The van der Waals surface area contributed by atoms with Crippen LogP contribution in [0.5, 0.6) is 0 Å². The fourth-order valence-corrected chi connectivity index (χ4v) is 3.67. The van der Waals surface area contributed by atoms with Gasteiger partial charge in [-0.25, -0.2) is 0 Å². The summed E-state index contributed by atoms with van der Waals surface area (Å²) in [5.41, 5.74) is 2.26. The number of nitrogens with zero attached hydrogens (tertiary/aromatic N) is 1. The first kappa shape index (κ1) is 14.4. The van der Waals surface area contributed by atoms with Gasteiger partial charge in [-0.2, -0.15) is 0 Å². The zero-order chi connectivity index (χ0) is 14.5. The van der Waals surface area contributed by atoms with E-state index in [0.29, 0.717) is 0 Å². The fourth-order valence-electron chi connectivity index (χ4n) is 2.23. The summed E-state index contributed by atoms with van der Waals surface area (Å²) in [7, 11) is 0. The summed E-state index contributed by atoms with van der Waals surface area (Å²) in [6.45, 7) is 0.814. The summed E-state index contributed by atoms with van der Waals surface area (Å²) < 4.78 is 1.16. The monoisotopic (exact) mass is 358 g/mol. The molecule has 0 fully saturated rings. The van der Waals surface area contributed by atoms with Crippen LogP contribution in [0, 0.1) is 0 Å². The van der Waals surface area contributed by atoms with E-state index in [1.54, 1.807) is 11.3 Å². The number of hydrogen-bond donors (Lipinski definition) is 1. The standard InChI is InChI=1S/C17H15BrN2S/c18-14-9-11-21-16(14)12-20-17(13-6-2-1-3-7-13)15-8-4-5-10-19-15/h1-11,17,20H,12H2. The minimum Gasteiger partial charge on any atom is -0.300 e. The number of aromatic nitrogens is 1. The third-order valence-electron chi connectivity index (χ3n) is 3.27. The molecule has 21 heavy (non-hydrogen) atoms. The molecular formula is C17H15BrN2S. The SMILES string of the molecule is Brc1ccsc1CNC(c1ccccc1)c1ccccn1. The van der Waals surface area contributed by atoms with Gasteiger partial charge in [0.2, 0.25) is 0 Å². The molecule has 3 aromatic rings. The average molecular weight is 359 g/mol. The third kappa shape index (κ3) is 3.59. The van der Waals surface area contributed by atoms with Crippen LogP contribution in [-0.2, 0) is 6.54 Å². The van der Waals surface area contributed by atoms with E-state index in [1.807, 2.05) is 24.4 Å². The highest BCUT2D eigenvalue weighted by molar-refractivity contribution is 9.10. The van der Waals surface area contributed by atoms with E-state index in [-0.39, 0.29) is 6.04 Å². The van der Waals surface area contributed by atoms with Gasteiger partial charge in [0.05, 0.1) is 11.7 Å². The number of rotatable bonds is 5. The zero-order valence-electron chi connectivity index (χ0n) is 11.4. The van der Waals surface area contributed by atoms with Crippen LogP contribution >= 0.6 is 27.3 Å². The van der Waals surface area contributed by atoms with Gasteiger partial charge in [0, 0.05) is 22.1 Å². The summed E-state index contributed by atoms with van der Waals surface area (Å²) in [5.74, 6) is 0. The smallest absolute Gasteiger partial charge is 0.0754 e. The third-order valence-corrected chi connectivity index (χ3v) is 5.20. The molecule has 3 rings (SSSR count). The normalized spacial score (nSPS) is 12.2. The van der Waals surface area contributed by atoms with Gasteiger partial charge in [-0.3, -0.25) is 10.3 Å². The highest BCUT2D eigenvalue weighted by Crippen LogP contribution is 2.25. The largest absolute Gasteiger partial charge is 0.300 e. The Balaban J connectivity index is 1.85. The lowest BCUT2D eigenvalue weighted by Crippen LogP contribution is -2.22. The van der Waals surface area contributed by atoms with E-state index < -0.39 is 0 Å². The van der Waals surface area contributed by atoms with E-state index in [2.05, 4.69) is 68.0 Å². The topological polar surface area (TPSA) is 24.9 Å². The van der Waals surface area contributed by atoms with Crippen LogP contribution in [0.1, 0.15) is 22.2 Å². The predicted octanol–water partition coefficient (Wildman–Crippen LogP) is 4.78. The van der Waals surface area contributed by atoms with E-state index in [9.17, 15) is 0 Å². The molecule has 0 spiro atoms. The van der Waals surface area contributed by atoms with Gasteiger partial charge < -0.3 is 0 Å². The second-order valence-corrected chi connectivity index (χ2v) is 6.53. The fraction of sp³-hybridized carbons (Fsp3) is 0.118. The van der Waals surface area contributed by atoms with Crippen molar-refractivity contribution in [3.63, 3.8) is 0 Å². The molecule has 2 nitrogen and oxygen atoms in total. The quantitative estimate of drug-likeness (QED) is 0.709. The number of thiophene rings is 1. The summed E-state index contributed by atoms with van der Waals surface area (Å²) in [6.07, 6.45) is 1.84. The van der Waals surface area contributed by atoms with Gasteiger partial charge in [0.1, 0.15) is 0 Å². The zero-order valence-corrected chi connectivity index (χ0v) is 13.8. The van der Waals surface area contributed by atoms with Crippen LogP contribution in [0.4, 0.5) is 0 Å². The lowest BCUT2D eigenvalue weighted by molar-refractivity contribution is 0.595. The van der Waals surface area contributed by atoms with Crippen molar-refractivity contribution in [1.82, 2.24) is 10.3 Å². The number of nitrogens with one attached hydrogen (secondary N) is 1. The maximum absolute atomic E-state index is 4.51. The van der Waals surface area contributed by atoms with Crippen molar-refractivity contribution < 1.29 is 0 Å². The second kappa shape index (κ2) is 6.98. The summed E-state index contributed by atoms with van der Waals surface area (Å²) >= 11 is 5.34. The lowest BCUT2D eigenvalue weighted by atomic mass is 10.0. The van der Waals surface area contributed by atoms with E-state index in [4.69, 9.17) is 0 Å². The Hall–Kier alpha value is -1.49. The molecule has 0 aliphatic carbocycles. The van der Waals surface area contributed by atoms with Gasteiger partial charge in [-0.05, 0) is 45.1 Å². The molecule has 2 heterocycles. The molecular weight excluding hydrogens is 344 g/mol. The first-order valence-corrected chi connectivity index (χ1v) is 8.43. The molecule has 1 unspecified atom stereocenters. The molecule has 106 valence electrons. The van der Waals surface area contributed by atoms with Crippen LogP contribution < -0.4 is 5.32 Å². The van der Waals surface area contributed by atoms with Crippen LogP contribution in [0.3, 0.4) is 0 Å². The maximum atomic E-state index is 4.51. The minimum atomic E-state index is 0.0985.